The first-order chi connectivity index (χ1) is 12.4. The highest BCUT2D eigenvalue weighted by Gasteiger charge is 2.55. The Morgan fingerprint density at radius 3 is 2.92 bits per heavy atom. The largest absolute Gasteiger partial charge is 0.379 e. The van der Waals surface area contributed by atoms with E-state index in [1.54, 1.807) is 36.0 Å². The summed E-state index contributed by atoms with van der Waals surface area (Å²) in [5, 5.41) is 0.872. The summed E-state index contributed by atoms with van der Waals surface area (Å²) in [6.45, 7) is 1.91. The highest BCUT2D eigenvalue weighted by atomic mass is 79.9. The predicted octanol–water partition coefficient (Wildman–Crippen LogP) is 5.12. The van der Waals surface area contributed by atoms with Crippen molar-refractivity contribution in [2.24, 2.45) is 16.6 Å². The standard InChI is InChI=1S/C19H16BrF2N3S/c1-19(13-8-17(13)26-18(23)25-19)12-6-10(2-4-14(12)21)7-15(22)16-5-3-11(20)9-24-16/h2-7,9,13,17H,8H2,1H3,(H2,23,25)/b15-7-/t13-,17?,19-/m1/s1. The minimum absolute atomic E-state index is 0.226. The predicted molar refractivity (Wildman–Crippen MR) is 106 cm³/mol. The maximum absolute atomic E-state index is 14.6. The van der Waals surface area contributed by atoms with Crippen LogP contribution in [0, 0.1) is 11.7 Å². The Kier molecular flexibility index (Phi) is 4.39. The van der Waals surface area contributed by atoms with Crippen LogP contribution in [0.3, 0.4) is 0 Å². The molecule has 0 amide bonds. The average Bonchev–Trinajstić information content (AvgIpc) is 3.37. The minimum atomic E-state index is -0.708. The third-order valence-corrected chi connectivity index (χ3v) is 6.50. The van der Waals surface area contributed by atoms with E-state index < -0.39 is 11.4 Å². The molecule has 1 fully saturated rings. The maximum atomic E-state index is 14.6. The number of nitrogens with zero attached hydrogens (tertiary/aromatic N) is 2. The van der Waals surface area contributed by atoms with Crippen LogP contribution in [0.25, 0.3) is 11.9 Å². The van der Waals surface area contributed by atoms with Crippen molar-refractivity contribution in [3.63, 3.8) is 0 Å². The summed E-state index contributed by atoms with van der Waals surface area (Å²) in [7, 11) is 0. The van der Waals surface area contributed by atoms with Gasteiger partial charge in [0.25, 0.3) is 0 Å². The van der Waals surface area contributed by atoms with Crippen molar-refractivity contribution in [2.45, 2.75) is 24.1 Å². The van der Waals surface area contributed by atoms with E-state index in [1.807, 2.05) is 6.92 Å². The molecule has 2 aromatic rings. The monoisotopic (exact) mass is 435 g/mol. The molecule has 1 aliphatic carbocycles. The molecule has 3 atom stereocenters. The van der Waals surface area contributed by atoms with E-state index in [-0.39, 0.29) is 17.4 Å². The number of rotatable bonds is 3. The third-order valence-electron chi connectivity index (χ3n) is 4.87. The second-order valence-electron chi connectivity index (χ2n) is 6.69. The number of benzene rings is 1. The molecule has 0 spiro atoms. The summed E-state index contributed by atoms with van der Waals surface area (Å²) >= 11 is 4.83. The molecule has 1 unspecified atom stereocenters. The highest BCUT2D eigenvalue weighted by molar-refractivity contribution is 9.10. The first kappa shape index (κ1) is 17.7. The first-order valence-electron chi connectivity index (χ1n) is 8.18. The van der Waals surface area contributed by atoms with Crippen LogP contribution in [-0.4, -0.2) is 15.4 Å². The molecule has 1 saturated carbocycles. The van der Waals surface area contributed by atoms with Gasteiger partial charge in [0.15, 0.2) is 5.17 Å². The fourth-order valence-electron chi connectivity index (χ4n) is 3.40. The second kappa shape index (κ2) is 6.46. The molecule has 134 valence electrons. The molecule has 0 saturated heterocycles. The van der Waals surface area contributed by atoms with Crippen LogP contribution in [0.4, 0.5) is 8.78 Å². The number of halogens is 3. The Morgan fingerprint density at radius 2 is 2.19 bits per heavy atom. The lowest BCUT2D eigenvalue weighted by Crippen LogP contribution is -2.31. The first-order valence-corrected chi connectivity index (χ1v) is 9.85. The summed E-state index contributed by atoms with van der Waals surface area (Å²) in [4.78, 5) is 8.58. The molecule has 1 aliphatic heterocycles. The van der Waals surface area contributed by atoms with E-state index in [4.69, 9.17) is 5.73 Å². The van der Waals surface area contributed by atoms with Crippen LogP contribution < -0.4 is 5.73 Å². The molecule has 2 heterocycles. The van der Waals surface area contributed by atoms with E-state index in [0.717, 1.165) is 10.9 Å². The number of pyridine rings is 1. The van der Waals surface area contributed by atoms with Gasteiger partial charge in [-0.05, 0) is 65.2 Å². The Balaban J connectivity index is 1.72. The van der Waals surface area contributed by atoms with Gasteiger partial charge in [-0.1, -0.05) is 17.8 Å². The van der Waals surface area contributed by atoms with Crippen molar-refractivity contribution in [3.8, 4) is 0 Å². The molecule has 2 aliphatic rings. The number of amidine groups is 1. The fourth-order valence-corrected chi connectivity index (χ4v) is 4.92. The van der Waals surface area contributed by atoms with Gasteiger partial charge >= 0.3 is 0 Å². The van der Waals surface area contributed by atoms with Gasteiger partial charge in [0.05, 0.1) is 11.2 Å². The fraction of sp³-hybridized carbons (Fsp3) is 0.263. The molecular formula is C19H16BrF2N3S. The van der Waals surface area contributed by atoms with E-state index in [0.29, 0.717) is 21.5 Å². The van der Waals surface area contributed by atoms with Crippen LogP contribution in [0.15, 0.2) is 46.0 Å². The lowest BCUT2D eigenvalue weighted by atomic mass is 9.86. The third kappa shape index (κ3) is 3.18. The molecular weight excluding hydrogens is 420 g/mol. The highest BCUT2D eigenvalue weighted by Crippen LogP contribution is 2.57. The molecule has 4 rings (SSSR count). The number of thioether (sulfide) groups is 1. The number of aromatic nitrogens is 1. The number of fused-ring (bicyclic) bond motifs is 1. The van der Waals surface area contributed by atoms with Crippen LogP contribution in [-0.2, 0) is 5.54 Å². The Morgan fingerprint density at radius 1 is 1.38 bits per heavy atom. The van der Waals surface area contributed by atoms with Crippen LogP contribution in [0.1, 0.15) is 30.2 Å². The van der Waals surface area contributed by atoms with Gasteiger partial charge in [-0.2, -0.15) is 0 Å². The lowest BCUT2D eigenvalue weighted by Gasteiger charge is -2.30. The molecule has 1 aromatic carbocycles. The summed E-state index contributed by atoms with van der Waals surface area (Å²) in [6, 6.07) is 7.88. The maximum Gasteiger partial charge on any atom is 0.155 e. The Bertz CT molecular complexity index is 929. The van der Waals surface area contributed by atoms with Gasteiger partial charge in [-0.25, -0.2) is 8.78 Å². The van der Waals surface area contributed by atoms with Crippen molar-refractivity contribution in [3.05, 3.63) is 63.6 Å². The molecule has 0 bridgehead atoms. The molecule has 26 heavy (non-hydrogen) atoms. The van der Waals surface area contributed by atoms with Crippen LogP contribution in [0.2, 0.25) is 0 Å². The van der Waals surface area contributed by atoms with Crippen molar-refractivity contribution >= 4 is 44.8 Å². The van der Waals surface area contributed by atoms with Gasteiger partial charge in [0, 0.05) is 27.4 Å². The quantitative estimate of drug-likeness (QED) is 0.727. The molecule has 2 N–H and O–H groups in total. The lowest BCUT2D eigenvalue weighted by molar-refractivity contribution is 0.408. The zero-order valence-corrected chi connectivity index (χ0v) is 16.3. The number of nitrogens with two attached hydrogens (primary N) is 1. The van der Waals surface area contributed by atoms with E-state index in [2.05, 4.69) is 25.9 Å². The molecule has 1 aromatic heterocycles. The topological polar surface area (TPSA) is 51.3 Å². The van der Waals surface area contributed by atoms with E-state index >= 15 is 0 Å². The number of hydrogen-bond donors (Lipinski definition) is 1. The van der Waals surface area contributed by atoms with E-state index in [1.165, 1.54) is 18.3 Å². The van der Waals surface area contributed by atoms with Crippen LogP contribution >= 0.6 is 27.7 Å². The molecule has 7 heteroatoms. The SMILES string of the molecule is C[C@]1(c2cc(/C=C(\F)c3ccc(Br)cn3)ccc2F)N=C(N)SC2C[C@H]21. The van der Waals surface area contributed by atoms with Gasteiger partial charge in [0.2, 0.25) is 0 Å². The number of hydrogen-bond acceptors (Lipinski definition) is 4. The molecule has 0 radical (unpaired) electrons. The second-order valence-corrected chi connectivity index (χ2v) is 8.86. The van der Waals surface area contributed by atoms with Crippen LogP contribution in [0.5, 0.6) is 0 Å². The summed E-state index contributed by atoms with van der Waals surface area (Å²) in [5.41, 5.74) is 6.47. The zero-order valence-electron chi connectivity index (χ0n) is 13.9. The molecule has 3 nitrogen and oxygen atoms in total. The smallest absolute Gasteiger partial charge is 0.155 e. The average molecular weight is 436 g/mol. The van der Waals surface area contributed by atoms with Crippen molar-refractivity contribution in [2.75, 3.05) is 0 Å². The summed E-state index contributed by atoms with van der Waals surface area (Å²) in [5.74, 6) is -0.570. The Hall–Kier alpha value is -1.73. The van der Waals surface area contributed by atoms with Gasteiger partial charge in [-0.15, -0.1) is 0 Å². The van der Waals surface area contributed by atoms with Crippen molar-refractivity contribution < 1.29 is 8.78 Å². The van der Waals surface area contributed by atoms with E-state index in [9.17, 15) is 8.78 Å². The summed E-state index contributed by atoms with van der Waals surface area (Å²) < 4.78 is 29.9. The normalized spacial score (nSPS) is 27.7. The summed E-state index contributed by atoms with van der Waals surface area (Å²) in [6.07, 6.45) is 3.85. The number of aliphatic imine (C=N–C) groups is 1. The van der Waals surface area contributed by atoms with Gasteiger partial charge in [-0.3, -0.25) is 9.98 Å². The van der Waals surface area contributed by atoms with Crippen molar-refractivity contribution in [1.29, 1.82) is 0 Å². The zero-order chi connectivity index (χ0) is 18.5. The Labute approximate surface area is 162 Å². The van der Waals surface area contributed by atoms with Crippen molar-refractivity contribution in [1.82, 2.24) is 4.98 Å². The minimum Gasteiger partial charge on any atom is -0.379 e. The van der Waals surface area contributed by atoms with Gasteiger partial charge < -0.3 is 5.73 Å². The van der Waals surface area contributed by atoms with Gasteiger partial charge in [0.1, 0.15) is 11.6 Å².